The van der Waals surface area contributed by atoms with E-state index in [2.05, 4.69) is 5.32 Å². The summed E-state index contributed by atoms with van der Waals surface area (Å²) in [5.41, 5.74) is 1.72. The second kappa shape index (κ2) is 6.99. The van der Waals surface area contributed by atoms with Gasteiger partial charge in [-0.05, 0) is 34.5 Å². The maximum atomic E-state index is 12.2. The number of benzene rings is 1. The first-order valence-electron chi connectivity index (χ1n) is 6.39. The van der Waals surface area contributed by atoms with Crippen LogP contribution in [-0.2, 0) is 6.54 Å². The molecular weight excluding hydrogens is 288 g/mol. The number of methoxy groups -OCH3 is 2. The number of hydrogen-bond donors (Lipinski definition) is 1. The van der Waals surface area contributed by atoms with E-state index in [4.69, 9.17) is 9.47 Å². The Balaban J connectivity index is 2.04. The molecule has 112 valence electrons. The van der Waals surface area contributed by atoms with Crippen molar-refractivity contribution in [1.82, 2.24) is 4.90 Å². The fraction of sp³-hybridized carbons (Fsp3) is 0.267. The molecule has 0 atom stereocenters. The molecule has 6 heteroatoms. The van der Waals surface area contributed by atoms with E-state index in [1.165, 1.54) is 0 Å². The van der Waals surface area contributed by atoms with Gasteiger partial charge in [0.25, 0.3) is 0 Å². The molecule has 0 spiro atoms. The molecule has 5 nitrogen and oxygen atoms in total. The van der Waals surface area contributed by atoms with Gasteiger partial charge in [-0.25, -0.2) is 4.79 Å². The molecule has 0 saturated carbocycles. The predicted octanol–water partition coefficient (Wildman–Crippen LogP) is 3.43. The van der Waals surface area contributed by atoms with Crippen molar-refractivity contribution < 1.29 is 14.3 Å². The van der Waals surface area contributed by atoms with Gasteiger partial charge in [-0.1, -0.05) is 0 Å². The normalized spacial score (nSPS) is 10.0. The van der Waals surface area contributed by atoms with Crippen molar-refractivity contribution in [2.45, 2.75) is 6.54 Å². The minimum absolute atomic E-state index is 0.190. The lowest BCUT2D eigenvalue weighted by Gasteiger charge is -2.18. The summed E-state index contributed by atoms with van der Waals surface area (Å²) >= 11 is 1.62. The molecule has 0 aliphatic carbocycles. The quantitative estimate of drug-likeness (QED) is 0.920. The van der Waals surface area contributed by atoms with Crippen molar-refractivity contribution in [2.24, 2.45) is 0 Å². The number of nitrogens with one attached hydrogen (secondary N) is 1. The Hall–Kier alpha value is -2.21. The zero-order chi connectivity index (χ0) is 15.2. The number of carbonyl (C=O) groups excluding carboxylic acids is 1. The Morgan fingerprint density at radius 1 is 1.29 bits per heavy atom. The van der Waals surface area contributed by atoms with Crippen LogP contribution in [0.2, 0.25) is 0 Å². The number of ether oxygens (including phenoxy) is 2. The number of amides is 2. The second-order valence-corrected chi connectivity index (χ2v) is 5.26. The van der Waals surface area contributed by atoms with Crippen LogP contribution in [0.15, 0.2) is 35.0 Å². The van der Waals surface area contributed by atoms with Gasteiger partial charge in [-0.3, -0.25) is 0 Å². The molecule has 2 amide bonds. The Kier molecular flexibility index (Phi) is 5.05. The Morgan fingerprint density at radius 2 is 2.10 bits per heavy atom. The van der Waals surface area contributed by atoms with Crippen LogP contribution >= 0.6 is 11.3 Å². The maximum absolute atomic E-state index is 12.2. The molecule has 0 aliphatic heterocycles. The van der Waals surface area contributed by atoms with Crippen molar-refractivity contribution in [1.29, 1.82) is 0 Å². The number of urea groups is 1. The highest BCUT2D eigenvalue weighted by molar-refractivity contribution is 7.07. The van der Waals surface area contributed by atoms with Crippen LogP contribution < -0.4 is 14.8 Å². The number of carbonyl (C=O) groups is 1. The Morgan fingerprint density at radius 3 is 2.71 bits per heavy atom. The first-order valence-corrected chi connectivity index (χ1v) is 7.33. The second-order valence-electron chi connectivity index (χ2n) is 4.48. The average molecular weight is 306 g/mol. The molecule has 1 aromatic heterocycles. The number of hydrogen-bond acceptors (Lipinski definition) is 4. The van der Waals surface area contributed by atoms with Crippen molar-refractivity contribution in [3.63, 3.8) is 0 Å². The predicted molar refractivity (Wildman–Crippen MR) is 84.4 cm³/mol. The van der Waals surface area contributed by atoms with E-state index in [0.717, 1.165) is 5.56 Å². The fourth-order valence-electron chi connectivity index (χ4n) is 1.84. The number of nitrogens with zero attached hydrogens (tertiary/aromatic N) is 1. The van der Waals surface area contributed by atoms with E-state index in [9.17, 15) is 4.79 Å². The highest BCUT2D eigenvalue weighted by Crippen LogP contribution is 2.29. The SMILES string of the molecule is COc1ccc(NC(=O)N(C)Cc2ccsc2)c(OC)c1. The van der Waals surface area contributed by atoms with Crippen molar-refractivity contribution in [3.8, 4) is 11.5 Å². The smallest absolute Gasteiger partial charge is 0.321 e. The van der Waals surface area contributed by atoms with Gasteiger partial charge in [0, 0.05) is 19.7 Å². The van der Waals surface area contributed by atoms with Gasteiger partial charge in [-0.2, -0.15) is 11.3 Å². The summed E-state index contributed by atoms with van der Waals surface area (Å²) in [6, 6.07) is 7.08. The van der Waals surface area contributed by atoms with Gasteiger partial charge < -0.3 is 19.7 Å². The first kappa shape index (κ1) is 15.2. The largest absolute Gasteiger partial charge is 0.497 e. The van der Waals surface area contributed by atoms with Gasteiger partial charge in [-0.15, -0.1) is 0 Å². The minimum Gasteiger partial charge on any atom is -0.497 e. The third-order valence-corrected chi connectivity index (χ3v) is 3.73. The van der Waals surface area contributed by atoms with E-state index in [-0.39, 0.29) is 6.03 Å². The van der Waals surface area contributed by atoms with Crippen LogP contribution in [0.4, 0.5) is 10.5 Å². The van der Waals surface area contributed by atoms with E-state index in [1.54, 1.807) is 55.7 Å². The van der Waals surface area contributed by atoms with Crippen LogP contribution in [0.1, 0.15) is 5.56 Å². The van der Waals surface area contributed by atoms with Crippen LogP contribution in [0, 0.1) is 0 Å². The zero-order valence-corrected chi connectivity index (χ0v) is 13.1. The lowest BCUT2D eigenvalue weighted by molar-refractivity contribution is 0.220. The first-order chi connectivity index (χ1) is 10.1. The molecule has 21 heavy (non-hydrogen) atoms. The molecule has 0 saturated heterocycles. The summed E-state index contributed by atoms with van der Waals surface area (Å²) in [5.74, 6) is 1.24. The van der Waals surface area contributed by atoms with Gasteiger partial charge in [0.15, 0.2) is 0 Å². The minimum atomic E-state index is -0.190. The fourth-order valence-corrected chi connectivity index (χ4v) is 2.50. The lowest BCUT2D eigenvalue weighted by Crippen LogP contribution is -2.30. The summed E-state index contributed by atoms with van der Waals surface area (Å²) in [5, 5.41) is 6.85. The number of rotatable bonds is 5. The van der Waals surface area contributed by atoms with Crippen molar-refractivity contribution in [2.75, 3.05) is 26.6 Å². The van der Waals surface area contributed by atoms with E-state index in [1.807, 2.05) is 16.8 Å². The Labute approximate surface area is 128 Å². The molecule has 0 unspecified atom stereocenters. The standard InChI is InChI=1S/C15H18N2O3S/c1-17(9-11-6-7-21-10-11)15(18)16-13-5-4-12(19-2)8-14(13)20-3/h4-8,10H,9H2,1-3H3,(H,16,18). The van der Waals surface area contributed by atoms with Gasteiger partial charge in [0.1, 0.15) is 11.5 Å². The number of anilines is 1. The van der Waals surface area contributed by atoms with E-state index in [0.29, 0.717) is 23.7 Å². The molecular formula is C15H18N2O3S. The molecule has 1 heterocycles. The summed E-state index contributed by atoms with van der Waals surface area (Å²) in [4.78, 5) is 13.8. The topological polar surface area (TPSA) is 50.8 Å². The lowest BCUT2D eigenvalue weighted by atomic mass is 10.2. The van der Waals surface area contributed by atoms with Gasteiger partial charge in [0.05, 0.1) is 19.9 Å². The molecule has 1 N–H and O–H groups in total. The Bertz CT molecular complexity index is 599. The van der Waals surface area contributed by atoms with E-state index >= 15 is 0 Å². The average Bonchev–Trinajstić information content (AvgIpc) is 3.00. The number of thiophene rings is 1. The highest BCUT2D eigenvalue weighted by Gasteiger charge is 2.13. The van der Waals surface area contributed by atoms with Crippen LogP contribution in [0.25, 0.3) is 0 Å². The molecule has 0 fully saturated rings. The summed E-state index contributed by atoms with van der Waals surface area (Å²) in [6.45, 7) is 0.563. The van der Waals surface area contributed by atoms with Crippen molar-refractivity contribution >= 4 is 23.1 Å². The maximum Gasteiger partial charge on any atom is 0.321 e. The summed E-state index contributed by atoms with van der Waals surface area (Å²) in [7, 11) is 4.89. The van der Waals surface area contributed by atoms with Crippen molar-refractivity contribution in [3.05, 3.63) is 40.6 Å². The third kappa shape index (κ3) is 3.88. The third-order valence-electron chi connectivity index (χ3n) is 3.00. The van der Waals surface area contributed by atoms with Gasteiger partial charge in [0.2, 0.25) is 0 Å². The molecule has 2 aromatic rings. The van der Waals surface area contributed by atoms with Crippen LogP contribution in [0.5, 0.6) is 11.5 Å². The zero-order valence-electron chi connectivity index (χ0n) is 12.3. The molecule has 2 rings (SSSR count). The summed E-state index contributed by atoms with van der Waals surface area (Å²) in [6.07, 6.45) is 0. The molecule has 0 bridgehead atoms. The monoisotopic (exact) mass is 306 g/mol. The highest BCUT2D eigenvalue weighted by atomic mass is 32.1. The van der Waals surface area contributed by atoms with Gasteiger partial charge >= 0.3 is 6.03 Å². The molecule has 0 radical (unpaired) electrons. The van der Waals surface area contributed by atoms with E-state index < -0.39 is 0 Å². The van der Waals surface area contributed by atoms with Crippen LogP contribution in [0.3, 0.4) is 0 Å². The molecule has 0 aliphatic rings. The molecule has 1 aromatic carbocycles. The summed E-state index contributed by atoms with van der Waals surface area (Å²) < 4.78 is 10.4. The van der Waals surface area contributed by atoms with Crippen LogP contribution in [-0.4, -0.2) is 32.2 Å².